The van der Waals surface area contributed by atoms with E-state index < -0.39 is 66.1 Å². The fraction of sp³-hybridized carbons (Fsp3) is 0.739. The number of carbonyl (C=O) groups is 4. The molecule has 0 aliphatic carbocycles. The van der Waals surface area contributed by atoms with Crippen molar-refractivity contribution in [1.29, 1.82) is 0 Å². The molecule has 0 fully saturated rings. The first-order chi connectivity index (χ1) is 15.5. The Morgan fingerprint density at radius 1 is 0.909 bits per heavy atom. The van der Waals surface area contributed by atoms with E-state index in [1.54, 1.807) is 27.2 Å². The fourth-order valence-electron chi connectivity index (χ4n) is 3.19. The molecule has 0 aromatic rings. The molecule has 7 nitrogen and oxygen atoms in total. The van der Waals surface area contributed by atoms with Crippen LogP contribution in [0.2, 0.25) is 13.3 Å². The summed E-state index contributed by atoms with van der Waals surface area (Å²) in [6, 6.07) is -1.12. The Hall–Kier alpha value is -0.801. The Labute approximate surface area is 215 Å². The SMILES string of the molecule is CC(C)C(NC(=O)CN1C(=O)C(Cl)=C(Cl)C1=O)C(=O)O.CCC[CH2][Sn]([CH2]CCC)[CH2]CCC. The molecular formula is C23H39Cl2N2O5Sn. The van der Waals surface area contributed by atoms with Gasteiger partial charge < -0.3 is 10.4 Å². The maximum absolute atomic E-state index is 11.7. The van der Waals surface area contributed by atoms with E-state index in [4.69, 9.17) is 28.3 Å². The fourth-order valence-corrected chi connectivity index (χ4v) is 13.0. The Bertz CT molecular complexity index is 657. The molecule has 1 aliphatic heterocycles. The van der Waals surface area contributed by atoms with Crippen molar-refractivity contribution < 1.29 is 24.3 Å². The number of amides is 3. The number of nitrogens with zero attached hydrogens (tertiary/aromatic N) is 1. The molecule has 0 saturated heterocycles. The van der Waals surface area contributed by atoms with E-state index in [1.165, 1.54) is 38.5 Å². The van der Waals surface area contributed by atoms with Crippen molar-refractivity contribution in [2.45, 2.75) is 92.5 Å². The summed E-state index contributed by atoms with van der Waals surface area (Å²) in [5, 5.41) is 10.2. The van der Waals surface area contributed by atoms with E-state index in [-0.39, 0.29) is 5.92 Å². The third-order valence-electron chi connectivity index (χ3n) is 5.26. The van der Waals surface area contributed by atoms with Crippen LogP contribution in [-0.4, -0.2) is 66.0 Å². The molecular weight excluding hydrogens is 574 g/mol. The maximum atomic E-state index is 11.7. The van der Waals surface area contributed by atoms with Crippen LogP contribution in [-0.2, 0) is 19.2 Å². The molecule has 1 heterocycles. The van der Waals surface area contributed by atoms with Crippen LogP contribution in [0.25, 0.3) is 0 Å². The number of aliphatic carboxylic acids is 1. The first-order valence-electron chi connectivity index (χ1n) is 11.8. The summed E-state index contributed by atoms with van der Waals surface area (Å²) in [6.07, 6.45) is 8.85. The molecule has 0 aromatic heterocycles. The van der Waals surface area contributed by atoms with Crippen molar-refractivity contribution in [1.82, 2.24) is 10.2 Å². The molecule has 1 radical (unpaired) electrons. The molecule has 2 N–H and O–H groups in total. The minimum atomic E-state index is -1.21. The van der Waals surface area contributed by atoms with Gasteiger partial charge in [0.15, 0.2) is 0 Å². The van der Waals surface area contributed by atoms with E-state index in [9.17, 15) is 19.2 Å². The van der Waals surface area contributed by atoms with Gasteiger partial charge in [-0.15, -0.1) is 0 Å². The minimum absolute atomic E-state index is 0.355. The van der Waals surface area contributed by atoms with Crippen molar-refractivity contribution in [2.24, 2.45) is 5.92 Å². The Morgan fingerprint density at radius 3 is 1.61 bits per heavy atom. The van der Waals surface area contributed by atoms with Gasteiger partial charge in [0.1, 0.15) is 22.7 Å². The standard InChI is InChI=1S/C11H12Cl2N2O5.3C4H9.Sn/c1-4(2)8(11(19)20)14-5(16)3-15-9(17)6(12)7(13)10(15)18;3*1-3-4-2;/h4,8H,3H2,1-2H3,(H,14,16)(H,19,20);3*1,3-4H2,2H3;. The van der Waals surface area contributed by atoms with Gasteiger partial charge in [0.25, 0.3) is 11.8 Å². The monoisotopic (exact) mass is 613 g/mol. The molecule has 189 valence electrons. The zero-order chi connectivity index (χ0) is 25.6. The Morgan fingerprint density at radius 2 is 1.30 bits per heavy atom. The summed E-state index contributed by atoms with van der Waals surface area (Å²) in [6.45, 7) is 9.59. The summed E-state index contributed by atoms with van der Waals surface area (Å²) < 4.78 is 5.04. The number of hydrogen-bond donors (Lipinski definition) is 2. The van der Waals surface area contributed by atoms with Gasteiger partial charge in [0, 0.05) is 0 Å². The zero-order valence-electron chi connectivity index (χ0n) is 20.5. The predicted octanol–water partition coefficient (Wildman–Crippen LogP) is 5.15. The van der Waals surface area contributed by atoms with Gasteiger partial charge >= 0.3 is 98.3 Å². The van der Waals surface area contributed by atoms with Gasteiger partial charge in [-0.3, -0.25) is 19.3 Å². The molecule has 3 amide bonds. The molecule has 0 aromatic carbocycles. The van der Waals surface area contributed by atoms with E-state index in [2.05, 4.69) is 26.1 Å². The number of unbranched alkanes of at least 4 members (excludes halogenated alkanes) is 3. The van der Waals surface area contributed by atoms with Gasteiger partial charge in [-0.25, -0.2) is 4.79 Å². The summed E-state index contributed by atoms with van der Waals surface area (Å²) in [5.41, 5.74) is 0. The number of halogens is 2. The Balaban J connectivity index is 0.000000684. The van der Waals surface area contributed by atoms with Crippen molar-refractivity contribution in [3.63, 3.8) is 0 Å². The Kier molecular flexibility index (Phi) is 17.2. The summed E-state index contributed by atoms with van der Waals surface area (Å²) in [4.78, 5) is 46.3. The number of carboxylic acid groups (broad SMARTS) is 1. The van der Waals surface area contributed by atoms with E-state index in [0.717, 1.165) is 0 Å². The number of imide groups is 1. The third kappa shape index (κ3) is 11.9. The van der Waals surface area contributed by atoms with Crippen LogP contribution in [0.4, 0.5) is 0 Å². The molecule has 1 unspecified atom stereocenters. The second kappa shape index (κ2) is 17.6. The van der Waals surface area contributed by atoms with E-state index in [1.807, 2.05) is 0 Å². The molecule has 10 heteroatoms. The number of rotatable bonds is 14. The molecule has 0 saturated carbocycles. The first-order valence-corrected chi connectivity index (χ1v) is 18.6. The van der Waals surface area contributed by atoms with Crippen LogP contribution >= 0.6 is 23.2 Å². The van der Waals surface area contributed by atoms with Crippen LogP contribution in [0.3, 0.4) is 0 Å². The van der Waals surface area contributed by atoms with E-state index >= 15 is 0 Å². The summed E-state index contributed by atoms with van der Waals surface area (Å²) in [5.74, 6) is -4.11. The van der Waals surface area contributed by atoms with Gasteiger partial charge in [0.05, 0.1) is 0 Å². The first kappa shape index (κ1) is 32.2. The molecule has 33 heavy (non-hydrogen) atoms. The number of nitrogens with one attached hydrogen (secondary N) is 1. The van der Waals surface area contributed by atoms with Crippen molar-refractivity contribution >= 4 is 66.7 Å². The number of hydrogen-bond acceptors (Lipinski definition) is 4. The van der Waals surface area contributed by atoms with Gasteiger partial charge in [-0.1, -0.05) is 37.0 Å². The average Bonchev–Trinajstić information content (AvgIpc) is 2.94. The summed E-state index contributed by atoms with van der Waals surface area (Å²) in [7, 11) is 0. The van der Waals surface area contributed by atoms with Crippen molar-refractivity contribution in [3.05, 3.63) is 10.1 Å². The zero-order valence-corrected chi connectivity index (χ0v) is 24.9. The molecule has 1 aliphatic rings. The normalized spacial score (nSPS) is 14.6. The van der Waals surface area contributed by atoms with Crippen LogP contribution in [0.15, 0.2) is 10.1 Å². The van der Waals surface area contributed by atoms with E-state index in [0.29, 0.717) is 4.90 Å². The quantitative estimate of drug-likeness (QED) is 0.209. The van der Waals surface area contributed by atoms with Crippen LogP contribution in [0.5, 0.6) is 0 Å². The van der Waals surface area contributed by atoms with Crippen molar-refractivity contribution in [3.8, 4) is 0 Å². The third-order valence-corrected chi connectivity index (χ3v) is 15.1. The topological polar surface area (TPSA) is 104 Å². The molecule has 0 bridgehead atoms. The van der Waals surface area contributed by atoms with Crippen molar-refractivity contribution in [2.75, 3.05) is 6.54 Å². The van der Waals surface area contributed by atoms with Gasteiger partial charge in [-0.05, 0) is 5.92 Å². The second-order valence-corrected chi connectivity index (χ2v) is 17.8. The van der Waals surface area contributed by atoms with Gasteiger partial charge in [-0.2, -0.15) is 0 Å². The van der Waals surface area contributed by atoms with Gasteiger partial charge in [0.2, 0.25) is 5.91 Å². The van der Waals surface area contributed by atoms with Crippen LogP contribution in [0.1, 0.15) is 73.1 Å². The van der Waals surface area contributed by atoms with Crippen LogP contribution < -0.4 is 5.32 Å². The molecule has 1 rings (SSSR count). The molecule has 1 atom stereocenters. The summed E-state index contributed by atoms with van der Waals surface area (Å²) >= 11 is 10.2. The second-order valence-electron chi connectivity index (χ2n) is 8.51. The average molecular weight is 613 g/mol. The molecule has 0 spiro atoms. The number of carbonyl (C=O) groups excluding carboxylic acids is 3. The number of carboxylic acids is 1. The predicted molar refractivity (Wildman–Crippen MR) is 135 cm³/mol. The van der Waals surface area contributed by atoms with Crippen LogP contribution in [0, 0.1) is 5.92 Å².